The second-order valence-corrected chi connectivity index (χ2v) is 6.71. The summed E-state index contributed by atoms with van der Waals surface area (Å²) >= 11 is 0. The lowest BCUT2D eigenvalue weighted by Crippen LogP contribution is -2.49. The Morgan fingerprint density at radius 3 is 2.48 bits per heavy atom. The molecule has 0 aliphatic carbocycles. The van der Waals surface area contributed by atoms with E-state index in [-0.39, 0.29) is 11.3 Å². The van der Waals surface area contributed by atoms with Gasteiger partial charge in [-0.1, -0.05) is 17.7 Å². The van der Waals surface area contributed by atoms with Crippen LogP contribution in [0.5, 0.6) is 0 Å². The molecule has 1 heterocycles. The Kier molecular flexibility index (Phi) is 5.00. The van der Waals surface area contributed by atoms with Gasteiger partial charge in [-0.05, 0) is 26.0 Å². The first-order chi connectivity index (χ1) is 9.83. The van der Waals surface area contributed by atoms with Crippen LogP contribution in [-0.4, -0.2) is 45.2 Å². The van der Waals surface area contributed by atoms with Crippen molar-refractivity contribution >= 4 is 10.1 Å². The summed E-state index contributed by atoms with van der Waals surface area (Å²) in [7, 11) is -2.48. The third-order valence-corrected chi connectivity index (χ3v) is 4.83. The molecule has 2 rings (SSSR count). The highest BCUT2D eigenvalue weighted by Crippen LogP contribution is 2.26. The van der Waals surface area contributed by atoms with Crippen molar-refractivity contribution in [1.29, 1.82) is 0 Å². The second kappa shape index (κ2) is 6.41. The molecule has 4 atom stereocenters. The molecule has 21 heavy (non-hydrogen) atoms. The molecule has 0 bridgehead atoms. The lowest BCUT2D eigenvalue weighted by molar-refractivity contribution is -0.232. The third kappa shape index (κ3) is 3.81. The van der Waals surface area contributed by atoms with Gasteiger partial charge in [0, 0.05) is 13.5 Å². The van der Waals surface area contributed by atoms with Crippen molar-refractivity contribution in [2.24, 2.45) is 0 Å². The van der Waals surface area contributed by atoms with Crippen molar-refractivity contribution < 1.29 is 27.2 Å². The smallest absolute Gasteiger partial charge is 0.297 e. The average molecular weight is 316 g/mol. The van der Waals surface area contributed by atoms with Gasteiger partial charge in [-0.3, -0.25) is 4.18 Å². The first-order valence-corrected chi connectivity index (χ1v) is 8.10. The van der Waals surface area contributed by atoms with Crippen molar-refractivity contribution in [3.8, 4) is 0 Å². The maximum Gasteiger partial charge on any atom is 0.297 e. The number of aliphatic hydroxyl groups is 1. The molecule has 1 N–H and O–H groups in total. The van der Waals surface area contributed by atoms with Gasteiger partial charge in [-0.15, -0.1) is 0 Å². The molecule has 118 valence electrons. The summed E-state index contributed by atoms with van der Waals surface area (Å²) in [6.07, 6.45) is -2.95. The standard InChI is InChI=1S/C14H20O6S/c1-9-4-6-11(7-5-9)21(16,17)20-12-8-13(18-3)19-10(2)14(12)15/h4-7,10,12-15H,8H2,1-3H3/t10-,12-,13+,14+/m1/s1. The number of aliphatic hydroxyl groups excluding tert-OH is 1. The lowest BCUT2D eigenvalue weighted by Gasteiger charge is -2.36. The molecule has 1 aliphatic rings. The molecule has 0 saturated carbocycles. The fourth-order valence-corrected chi connectivity index (χ4v) is 3.28. The van der Waals surface area contributed by atoms with Crippen LogP contribution in [0.4, 0.5) is 0 Å². The molecule has 6 nitrogen and oxygen atoms in total. The fourth-order valence-electron chi connectivity index (χ4n) is 2.18. The van der Waals surface area contributed by atoms with E-state index in [1.165, 1.54) is 19.2 Å². The normalized spacial score (nSPS) is 30.3. The van der Waals surface area contributed by atoms with Crippen LogP contribution >= 0.6 is 0 Å². The van der Waals surface area contributed by atoms with Gasteiger partial charge in [-0.25, -0.2) is 0 Å². The summed E-state index contributed by atoms with van der Waals surface area (Å²) in [4.78, 5) is 0.0633. The number of aryl methyl sites for hydroxylation is 1. The van der Waals surface area contributed by atoms with E-state index in [1.807, 2.05) is 6.92 Å². The Morgan fingerprint density at radius 2 is 1.90 bits per heavy atom. The Balaban J connectivity index is 2.16. The summed E-state index contributed by atoms with van der Waals surface area (Å²) in [6, 6.07) is 6.34. The zero-order chi connectivity index (χ0) is 15.6. The van der Waals surface area contributed by atoms with E-state index >= 15 is 0 Å². The van der Waals surface area contributed by atoms with Crippen LogP contribution in [0.2, 0.25) is 0 Å². The predicted molar refractivity (Wildman–Crippen MR) is 75.2 cm³/mol. The molecule has 0 radical (unpaired) electrons. The highest BCUT2D eigenvalue weighted by atomic mass is 32.2. The number of rotatable bonds is 4. The summed E-state index contributed by atoms with van der Waals surface area (Å²) < 4.78 is 40.1. The Hall–Kier alpha value is -0.990. The van der Waals surface area contributed by atoms with Crippen molar-refractivity contribution in [2.45, 2.75) is 49.8 Å². The van der Waals surface area contributed by atoms with Crippen molar-refractivity contribution in [1.82, 2.24) is 0 Å². The molecule has 1 aromatic carbocycles. The second-order valence-electron chi connectivity index (χ2n) is 5.13. The summed E-state index contributed by atoms with van der Waals surface area (Å²) in [6.45, 7) is 3.51. The summed E-state index contributed by atoms with van der Waals surface area (Å²) in [5, 5.41) is 10.0. The third-order valence-electron chi connectivity index (χ3n) is 3.48. The van der Waals surface area contributed by atoms with Gasteiger partial charge >= 0.3 is 0 Å². The Bertz CT molecular complexity index is 568. The zero-order valence-corrected chi connectivity index (χ0v) is 13.0. The van der Waals surface area contributed by atoms with Crippen LogP contribution in [0.3, 0.4) is 0 Å². The van der Waals surface area contributed by atoms with Crippen molar-refractivity contribution in [3.05, 3.63) is 29.8 Å². The molecule has 1 aromatic rings. The minimum absolute atomic E-state index is 0.0633. The van der Waals surface area contributed by atoms with Crippen LogP contribution in [0.25, 0.3) is 0 Å². The van der Waals surface area contributed by atoms with E-state index < -0.39 is 34.7 Å². The van der Waals surface area contributed by atoms with Crippen LogP contribution in [0.15, 0.2) is 29.2 Å². The van der Waals surface area contributed by atoms with Crippen molar-refractivity contribution in [2.75, 3.05) is 7.11 Å². The molecule has 0 spiro atoms. The van der Waals surface area contributed by atoms with Gasteiger partial charge in [0.1, 0.15) is 12.2 Å². The van der Waals surface area contributed by atoms with Crippen LogP contribution in [0.1, 0.15) is 18.9 Å². The average Bonchev–Trinajstić information content (AvgIpc) is 2.43. The summed E-state index contributed by atoms with van der Waals surface area (Å²) in [5.74, 6) is 0. The molecule has 0 aromatic heterocycles. The quantitative estimate of drug-likeness (QED) is 0.841. The van der Waals surface area contributed by atoms with E-state index in [0.29, 0.717) is 0 Å². The van der Waals surface area contributed by atoms with Gasteiger partial charge in [0.15, 0.2) is 6.29 Å². The highest BCUT2D eigenvalue weighted by molar-refractivity contribution is 7.86. The number of methoxy groups -OCH3 is 1. The first kappa shape index (κ1) is 16.4. The first-order valence-electron chi connectivity index (χ1n) is 6.70. The van der Waals surface area contributed by atoms with E-state index in [2.05, 4.69) is 0 Å². The van der Waals surface area contributed by atoms with Crippen LogP contribution < -0.4 is 0 Å². The van der Waals surface area contributed by atoms with Gasteiger partial charge < -0.3 is 14.6 Å². The molecular formula is C14H20O6S. The Labute approximate surface area is 124 Å². The van der Waals surface area contributed by atoms with Crippen molar-refractivity contribution in [3.63, 3.8) is 0 Å². The van der Waals surface area contributed by atoms with E-state index in [0.717, 1.165) is 5.56 Å². The SMILES string of the molecule is CO[C@@H]1C[C@@H](OS(=O)(=O)c2ccc(C)cc2)[C@@H](O)[C@@H](C)O1. The van der Waals surface area contributed by atoms with Crippen LogP contribution in [0, 0.1) is 6.92 Å². The van der Waals surface area contributed by atoms with Gasteiger partial charge in [0.25, 0.3) is 10.1 Å². The lowest BCUT2D eigenvalue weighted by atomic mass is 10.0. The molecular weight excluding hydrogens is 296 g/mol. The van der Waals surface area contributed by atoms with E-state index in [9.17, 15) is 13.5 Å². The topological polar surface area (TPSA) is 82.1 Å². The molecule has 1 saturated heterocycles. The zero-order valence-electron chi connectivity index (χ0n) is 12.2. The van der Waals surface area contributed by atoms with Crippen LogP contribution in [-0.2, 0) is 23.8 Å². The molecule has 0 unspecified atom stereocenters. The van der Waals surface area contributed by atoms with Gasteiger partial charge in [0.2, 0.25) is 0 Å². The fraction of sp³-hybridized carbons (Fsp3) is 0.571. The molecule has 7 heteroatoms. The molecule has 0 amide bonds. The highest BCUT2D eigenvalue weighted by Gasteiger charge is 2.39. The maximum atomic E-state index is 12.2. The number of benzene rings is 1. The van der Waals surface area contributed by atoms with E-state index in [4.69, 9.17) is 13.7 Å². The van der Waals surface area contributed by atoms with E-state index in [1.54, 1.807) is 19.1 Å². The predicted octanol–water partition coefficient (Wildman–Crippen LogP) is 1.21. The summed E-state index contributed by atoms with van der Waals surface area (Å²) in [5.41, 5.74) is 0.952. The maximum absolute atomic E-state index is 12.2. The molecule has 1 aliphatic heterocycles. The largest absolute Gasteiger partial charge is 0.388 e. The van der Waals surface area contributed by atoms with Gasteiger partial charge in [0.05, 0.1) is 11.0 Å². The monoisotopic (exact) mass is 316 g/mol. The minimum atomic E-state index is -3.94. The number of ether oxygens (including phenoxy) is 2. The van der Waals surface area contributed by atoms with Gasteiger partial charge in [-0.2, -0.15) is 8.42 Å². The minimum Gasteiger partial charge on any atom is -0.388 e. The number of hydrogen-bond donors (Lipinski definition) is 1. The molecule has 1 fully saturated rings. The Morgan fingerprint density at radius 1 is 1.29 bits per heavy atom. The number of hydrogen-bond acceptors (Lipinski definition) is 6.